The Hall–Kier alpha value is -2.16. The number of carbonyl (C=O) groups is 1. The molecule has 0 fully saturated rings. The number of hydrogen-bond donors (Lipinski definition) is 0. The van der Waals surface area contributed by atoms with Crippen LogP contribution in [0.15, 0.2) is 36.4 Å². The molecule has 0 aliphatic heterocycles. The second kappa shape index (κ2) is 6.53. The number of ketones is 1. The van der Waals surface area contributed by atoms with Gasteiger partial charge >= 0.3 is 0 Å². The van der Waals surface area contributed by atoms with Crippen molar-refractivity contribution in [2.24, 2.45) is 5.92 Å². The molecule has 1 aromatic heterocycles. The first-order valence-electron chi connectivity index (χ1n) is 8.33. The third kappa shape index (κ3) is 3.00. The maximum atomic E-state index is 12.6. The fourth-order valence-electron chi connectivity index (χ4n) is 3.44. The molecular weight excluding hydrogens is 286 g/mol. The molecule has 0 saturated carbocycles. The van der Waals surface area contributed by atoms with Gasteiger partial charge < -0.3 is 4.74 Å². The topological polar surface area (TPSA) is 39.2 Å². The molecule has 1 aliphatic rings. The Balaban J connectivity index is 1.95. The summed E-state index contributed by atoms with van der Waals surface area (Å²) < 4.78 is 5.20. The van der Waals surface area contributed by atoms with Crippen molar-refractivity contribution in [3.63, 3.8) is 0 Å². The Kier molecular flexibility index (Phi) is 4.46. The van der Waals surface area contributed by atoms with Gasteiger partial charge in [-0.2, -0.15) is 0 Å². The third-order valence-corrected chi connectivity index (χ3v) is 4.69. The Labute approximate surface area is 137 Å². The van der Waals surface area contributed by atoms with Gasteiger partial charge in [-0.1, -0.05) is 20.3 Å². The molecule has 0 N–H and O–H groups in total. The number of methoxy groups -OCH3 is 1. The van der Waals surface area contributed by atoms with Crippen molar-refractivity contribution in [1.29, 1.82) is 0 Å². The SMILES string of the molecule is CCCC1CC(C)c2nc(-c3ccc(OC)cc3)ccc2C1=O. The Morgan fingerprint density at radius 3 is 2.57 bits per heavy atom. The molecule has 0 radical (unpaired) electrons. The van der Waals surface area contributed by atoms with Crippen LogP contribution in [0.2, 0.25) is 0 Å². The van der Waals surface area contributed by atoms with E-state index in [-0.39, 0.29) is 11.7 Å². The zero-order chi connectivity index (χ0) is 16.4. The molecule has 3 rings (SSSR count). The Morgan fingerprint density at radius 2 is 1.91 bits per heavy atom. The summed E-state index contributed by atoms with van der Waals surface area (Å²) in [6.45, 7) is 4.32. The van der Waals surface area contributed by atoms with Crippen LogP contribution in [-0.2, 0) is 0 Å². The van der Waals surface area contributed by atoms with E-state index in [2.05, 4.69) is 13.8 Å². The highest BCUT2D eigenvalue weighted by molar-refractivity contribution is 6.00. The number of Topliss-reactive ketones (excluding diaryl/α,β-unsaturated/α-hetero) is 1. The van der Waals surface area contributed by atoms with Crippen molar-refractivity contribution in [1.82, 2.24) is 4.98 Å². The summed E-state index contributed by atoms with van der Waals surface area (Å²) >= 11 is 0. The number of rotatable bonds is 4. The van der Waals surface area contributed by atoms with Gasteiger partial charge in [-0.25, -0.2) is 0 Å². The van der Waals surface area contributed by atoms with E-state index in [0.29, 0.717) is 5.92 Å². The molecule has 3 heteroatoms. The highest BCUT2D eigenvalue weighted by Gasteiger charge is 2.32. The van der Waals surface area contributed by atoms with Gasteiger partial charge in [-0.15, -0.1) is 0 Å². The van der Waals surface area contributed by atoms with Gasteiger partial charge in [0, 0.05) is 17.0 Å². The number of nitrogens with zero attached hydrogens (tertiary/aromatic N) is 1. The lowest BCUT2D eigenvalue weighted by Gasteiger charge is -2.27. The molecule has 1 aromatic carbocycles. The minimum absolute atomic E-state index is 0.163. The first-order chi connectivity index (χ1) is 11.1. The molecular formula is C20H23NO2. The summed E-state index contributed by atoms with van der Waals surface area (Å²) in [6.07, 6.45) is 2.94. The zero-order valence-corrected chi connectivity index (χ0v) is 14.0. The van der Waals surface area contributed by atoms with Crippen LogP contribution in [0.25, 0.3) is 11.3 Å². The van der Waals surface area contributed by atoms with Crippen LogP contribution < -0.4 is 4.74 Å². The van der Waals surface area contributed by atoms with E-state index in [1.807, 2.05) is 36.4 Å². The lowest BCUT2D eigenvalue weighted by Crippen LogP contribution is -2.25. The minimum atomic E-state index is 0.163. The fourth-order valence-corrected chi connectivity index (χ4v) is 3.44. The lowest BCUT2D eigenvalue weighted by atomic mass is 9.77. The first kappa shape index (κ1) is 15.7. The average Bonchev–Trinajstić information content (AvgIpc) is 2.59. The molecule has 0 spiro atoms. The smallest absolute Gasteiger partial charge is 0.167 e. The Bertz CT molecular complexity index is 706. The minimum Gasteiger partial charge on any atom is -0.497 e. The van der Waals surface area contributed by atoms with Gasteiger partial charge in [0.2, 0.25) is 0 Å². The molecule has 0 saturated heterocycles. The molecule has 0 amide bonds. The lowest BCUT2D eigenvalue weighted by molar-refractivity contribution is 0.0884. The molecule has 120 valence electrons. The van der Waals surface area contributed by atoms with E-state index < -0.39 is 0 Å². The first-order valence-corrected chi connectivity index (χ1v) is 8.33. The summed E-state index contributed by atoms with van der Waals surface area (Å²) in [6, 6.07) is 11.8. The summed E-state index contributed by atoms with van der Waals surface area (Å²) in [5.41, 5.74) is 3.74. The molecule has 0 bridgehead atoms. The van der Waals surface area contributed by atoms with Crippen molar-refractivity contribution in [2.75, 3.05) is 7.11 Å². The van der Waals surface area contributed by atoms with Gasteiger partial charge in [0.05, 0.1) is 18.5 Å². The highest BCUT2D eigenvalue weighted by Crippen LogP contribution is 2.36. The van der Waals surface area contributed by atoms with Crippen LogP contribution in [-0.4, -0.2) is 17.9 Å². The number of ether oxygens (including phenoxy) is 1. The number of carbonyl (C=O) groups excluding carboxylic acids is 1. The molecule has 1 aliphatic carbocycles. The highest BCUT2D eigenvalue weighted by atomic mass is 16.5. The van der Waals surface area contributed by atoms with E-state index in [9.17, 15) is 4.79 Å². The van der Waals surface area contributed by atoms with Crippen LogP contribution in [0.3, 0.4) is 0 Å². The summed E-state index contributed by atoms with van der Waals surface area (Å²) in [5.74, 6) is 1.60. The molecule has 2 aromatic rings. The van der Waals surface area contributed by atoms with Crippen LogP contribution >= 0.6 is 0 Å². The summed E-state index contributed by atoms with van der Waals surface area (Å²) in [7, 11) is 1.66. The van der Waals surface area contributed by atoms with Crippen molar-refractivity contribution in [2.45, 2.75) is 39.0 Å². The second-order valence-corrected chi connectivity index (χ2v) is 6.34. The van der Waals surface area contributed by atoms with Crippen LogP contribution in [0, 0.1) is 5.92 Å². The van der Waals surface area contributed by atoms with Crippen molar-refractivity contribution >= 4 is 5.78 Å². The van der Waals surface area contributed by atoms with Crippen molar-refractivity contribution in [3.05, 3.63) is 47.7 Å². The summed E-state index contributed by atoms with van der Waals surface area (Å²) in [4.78, 5) is 17.4. The predicted octanol–water partition coefficient (Wildman–Crippen LogP) is 4.86. The number of hydrogen-bond acceptors (Lipinski definition) is 3. The van der Waals surface area contributed by atoms with Crippen molar-refractivity contribution < 1.29 is 9.53 Å². The largest absolute Gasteiger partial charge is 0.497 e. The van der Waals surface area contributed by atoms with E-state index in [1.54, 1.807) is 7.11 Å². The van der Waals surface area contributed by atoms with E-state index in [1.165, 1.54) is 0 Å². The quantitative estimate of drug-likeness (QED) is 0.809. The second-order valence-electron chi connectivity index (χ2n) is 6.34. The van der Waals surface area contributed by atoms with E-state index >= 15 is 0 Å². The van der Waals surface area contributed by atoms with Crippen LogP contribution in [0.1, 0.15) is 55.1 Å². The van der Waals surface area contributed by atoms with Crippen LogP contribution in [0.5, 0.6) is 5.75 Å². The zero-order valence-electron chi connectivity index (χ0n) is 14.0. The van der Waals surface area contributed by atoms with E-state index in [4.69, 9.17) is 9.72 Å². The molecule has 1 heterocycles. The van der Waals surface area contributed by atoms with Gasteiger partial charge in [0.1, 0.15) is 5.75 Å². The van der Waals surface area contributed by atoms with Crippen molar-refractivity contribution in [3.8, 4) is 17.0 Å². The fraction of sp³-hybridized carbons (Fsp3) is 0.400. The predicted molar refractivity (Wildman–Crippen MR) is 92.0 cm³/mol. The third-order valence-electron chi connectivity index (χ3n) is 4.69. The number of benzene rings is 1. The number of aromatic nitrogens is 1. The standard InChI is InChI=1S/C20H23NO2/c1-4-5-15-12-13(2)19-17(20(15)22)10-11-18(21-19)14-6-8-16(23-3)9-7-14/h6-11,13,15H,4-5,12H2,1-3H3. The molecule has 3 nitrogen and oxygen atoms in total. The normalized spacial score (nSPS) is 20.2. The Morgan fingerprint density at radius 1 is 1.17 bits per heavy atom. The van der Waals surface area contributed by atoms with Gasteiger partial charge in [-0.05, 0) is 55.2 Å². The maximum Gasteiger partial charge on any atom is 0.167 e. The maximum absolute atomic E-state index is 12.6. The average molecular weight is 309 g/mol. The van der Waals surface area contributed by atoms with E-state index in [0.717, 1.165) is 47.5 Å². The van der Waals surface area contributed by atoms with Gasteiger partial charge in [0.25, 0.3) is 0 Å². The van der Waals surface area contributed by atoms with Crippen LogP contribution in [0.4, 0.5) is 0 Å². The van der Waals surface area contributed by atoms with Gasteiger partial charge in [-0.3, -0.25) is 9.78 Å². The number of fused-ring (bicyclic) bond motifs is 1. The van der Waals surface area contributed by atoms with Gasteiger partial charge in [0.15, 0.2) is 5.78 Å². The molecule has 2 unspecified atom stereocenters. The number of pyridine rings is 1. The molecule has 23 heavy (non-hydrogen) atoms. The molecule has 2 atom stereocenters. The summed E-state index contributed by atoms with van der Waals surface area (Å²) in [5, 5.41) is 0. The monoisotopic (exact) mass is 309 g/mol.